The quantitative estimate of drug-likeness (QED) is 0.759. The van der Waals surface area contributed by atoms with Crippen LogP contribution in [-0.2, 0) is 9.47 Å². The molecule has 1 aliphatic carbocycles. The van der Waals surface area contributed by atoms with Gasteiger partial charge in [0, 0.05) is 25.8 Å². The molecule has 0 heterocycles. The smallest absolute Gasteiger partial charge is 0.407 e. The predicted molar refractivity (Wildman–Crippen MR) is 65.5 cm³/mol. The SMILES string of the molecule is CC(=S)O[C@H]1C[C@@H](NC(=O)OC(C)(C)C)C1. The van der Waals surface area contributed by atoms with Gasteiger partial charge >= 0.3 is 6.09 Å². The predicted octanol–water partition coefficient (Wildman–Crippen LogP) is 2.41. The molecule has 0 radical (unpaired) electrons. The van der Waals surface area contributed by atoms with Gasteiger partial charge in [-0.05, 0) is 33.0 Å². The number of alkyl carbamates (subject to hydrolysis) is 1. The van der Waals surface area contributed by atoms with Crippen molar-refractivity contribution in [3.8, 4) is 0 Å². The average molecular weight is 245 g/mol. The first kappa shape index (κ1) is 13.2. The van der Waals surface area contributed by atoms with E-state index in [1.165, 1.54) is 0 Å². The molecule has 1 rings (SSSR count). The van der Waals surface area contributed by atoms with Gasteiger partial charge in [0.25, 0.3) is 0 Å². The number of amides is 1. The minimum absolute atomic E-state index is 0.147. The van der Waals surface area contributed by atoms with Crippen LogP contribution in [-0.4, -0.2) is 28.9 Å². The minimum Gasteiger partial charge on any atom is -0.484 e. The lowest BCUT2D eigenvalue weighted by Crippen LogP contribution is -2.49. The van der Waals surface area contributed by atoms with Gasteiger partial charge in [0.2, 0.25) is 0 Å². The molecular weight excluding hydrogens is 226 g/mol. The number of ether oxygens (including phenoxy) is 2. The van der Waals surface area contributed by atoms with Crippen molar-refractivity contribution in [2.45, 2.75) is 58.3 Å². The summed E-state index contributed by atoms with van der Waals surface area (Å²) in [5.41, 5.74) is -0.450. The van der Waals surface area contributed by atoms with E-state index in [4.69, 9.17) is 21.7 Å². The molecule has 0 aromatic rings. The molecule has 5 heteroatoms. The Labute approximate surface area is 102 Å². The van der Waals surface area contributed by atoms with Crippen LogP contribution in [0.2, 0.25) is 0 Å². The number of hydrogen-bond donors (Lipinski definition) is 1. The molecule has 0 saturated heterocycles. The third-order valence-electron chi connectivity index (χ3n) is 2.15. The summed E-state index contributed by atoms with van der Waals surface area (Å²) in [7, 11) is 0. The van der Waals surface area contributed by atoms with E-state index in [0.717, 1.165) is 12.8 Å². The van der Waals surface area contributed by atoms with Crippen molar-refractivity contribution in [3.63, 3.8) is 0 Å². The second-order valence-corrected chi connectivity index (χ2v) is 5.62. The summed E-state index contributed by atoms with van der Waals surface area (Å²) in [4.78, 5) is 11.4. The van der Waals surface area contributed by atoms with Crippen LogP contribution < -0.4 is 5.32 Å². The molecule has 0 bridgehead atoms. The molecular formula is C11H19NO3S. The van der Waals surface area contributed by atoms with Crippen molar-refractivity contribution in [2.24, 2.45) is 0 Å². The lowest BCUT2D eigenvalue weighted by molar-refractivity contribution is 0.0345. The average Bonchev–Trinajstić information content (AvgIpc) is 1.95. The Morgan fingerprint density at radius 2 is 1.94 bits per heavy atom. The van der Waals surface area contributed by atoms with Crippen LogP contribution in [0.15, 0.2) is 0 Å². The number of carbonyl (C=O) groups is 1. The van der Waals surface area contributed by atoms with E-state index in [1.807, 2.05) is 20.8 Å². The van der Waals surface area contributed by atoms with Crippen molar-refractivity contribution in [2.75, 3.05) is 0 Å². The maximum Gasteiger partial charge on any atom is 0.407 e. The first-order chi connectivity index (χ1) is 7.26. The topological polar surface area (TPSA) is 47.6 Å². The van der Waals surface area contributed by atoms with E-state index < -0.39 is 5.60 Å². The largest absolute Gasteiger partial charge is 0.484 e. The zero-order chi connectivity index (χ0) is 12.3. The summed E-state index contributed by atoms with van der Waals surface area (Å²) >= 11 is 4.84. The Hall–Kier alpha value is -0.840. The van der Waals surface area contributed by atoms with E-state index in [-0.39, 0.29) is 18.2 Å². The van der Waals surface area contributed by atoms with Crippen molar-refractivity contribution in [1.29, 1.82) is 0 Å². The van der Waals surface area contributed by atoms with Crippen molar-refractivity contribution in [3.05, 3.63) is 0 Å². The number of thiocarbonyl (C=S) groups is 1. The third kappa shape index (κ3) is 4.79. The molecule has 1 amide bonds. The summed E-state index contributed by atoms with van der Waals surface area (Å²) in [6.45, 7) is 7.28. The Morgan fingerprint density at radius 3 is 2.38 bits per heavy atom. The molecule has 1 saturated carbocycles. The van der Waals surface area contributed by atoms with Crippen LogP contribution in [0.25, 0.3) is 0 Å². The summed E-state index contributed by atoms with van der Waals surface area (Å²) in [5, 5.41) is 3.35. The highest BCUT2D eigenvalue weighted by molar-refractivity contribution is 7.80. The van der Waals surface area contributed by atoms with Crippen molar-refractivity contribution < 1.29 is 14.3 Å². The lowest BCUT2D eigenvalue weighted by Gasteiger charge is -2.35. The summed E-state index contributed by atoms with van der Waals surface area (Å²) < 4.78 is 10.5. The standard InChI is InChI=1S/C11H19NO3S/c1-7(16)14-9-5-8(6-9)12-10(13)15-11(2,3)4/h8-9H,5-6H2,1-4H3,(H,12,13)/t8-,9+. The van der Waals surface area contributed by atoms with Gasteiger partial charge in [-0.2, -0.15) is 0 Å². The van der Waals surface area contributed by atoms with Crippen molar-refractivity contribution >= 4 is 23.4 Å². The Morgan fingerprint density at radius 1 is 1.38 bits per heavy atom. The van der Waals surface area contributed by atoms with Gasteiger partial charge in [-0.15, -0.1) is 0 Å². The van der Waals surface area contributed by atoms with Gasteiger partial charge in [0.1, 0.15) is 11.7 Å². The minimum atomic E-state index is -0.450. The first-order valence-electron chi connectivity index (χ1n) is 5.43. The van der Waals surface area contributed by atoms with Gasteiger partial charge in [-0.25, -0.2) is 4.79 Å². The molecule has 0 atom stereocenters. The maximum absolute atomic E-state index is 11.4. The van der Waals surface area contributed by atoms with Crippen molar-refractivity contribution in [1.82, 2.24) is 5.32 Å². The van der Waals surface area contributed by atoms with Gasteiger partial charge in [-0.3, -0.25) is 0 Å². The van der Waals surface area contributed by atoms with Gasteiger partial charge in [-0.1, -0.05) is 0 Å². The highest BCUT2D eigenvalue weighted by Gasteiger charge is 2.33. The monoisotopic (exact) mass is 245 g/mol. The van der Waals surface area contributed by atoms with E-state index in [0.29, 0.717) is 5.05 Å². The zero-order valence-corrected chi connectivity index (χ0v) is 11.0. The normalized spacial score (nSPS) is 24.2. The number of rotatable bonds is 2. The van der Waals surface area contributed by atoms with E-state index in [2.05, 4.69) is 5.32 Å². The third-order valence-corrected chi connectivity index (χ3v) is 2.24. The first-order valence-corrected chi connectivity index (χ1v) is 5.84. The molecule has 92 valence electrons. The molecule has 0 aromatic heterocycles. The molecule has 16 heavy (non-hydrogen) atoms. The van der Waals surface area contributed by atoms with Crippen LogP contribution in [0, 0.1) is 0 Å². The molecule has 4 nitrogen and oxygen atoms in total. The summed E-state index contributed by atoms with van der Waals surface area (Å²) in [6, 6.07) is 0.147. The Bertz CT molecular complexity index is 279. The van der Waals surface area contributed by atoms with E-state index in [1.54, 1.807) is 6.92 Å². The number of carbonyl (C=O) groups excluding carboxylic acids is 1. The van der Waals surface area contributed by atoms with Gasteiger partial charge in [0.05, 0.1) is 0 Å². The molecule has 0 aromatic carbocycles. The fourth-order valence-electron chi connectivity index (χ4n) is 1.49. The summed E-state index contributed by atoms with van der Waals surface area (Å²) in [6.07, 6.45) is 1.38. The maximum atomic E-state index is 11.4. The Balaban J connectivity index is 2.17. The van der Waals surface area contributed by atoms with Crippen LogP contribution >= 0.6 is 12.2 Å². The van der Waals surface area contributed by atoms with Crippen LogP contribution in [0.5, 0.6) is 0 Å². The van der Waals surface area contributed by atoms with Gasteiger partial charge < -0.3 is 14.8 Å². The highest BCUT2D eigenvalue weighted by Crippen LogP contribution is 2.24. The molecule has 0 spiro atoms. The second-order valence-electron chi connectivity index (χ2n) is 5.05. The highest BCUT2D eigenvalue weighted by atomic mass is 32.1. The number of hydrogen-bond acceptors (Lipinski definition) is 4. The van der Waals surface area contributed by atoms with Crippen LogP contribution in [0.3, 0.4) is 0 Å². The fourth-order valence-corrected chi connectivity index (χ4v) is 1.62. The lowest BCUT2D eigenvalue weighted by atomic mass is 9.89. The summed E-state index contributed by atoms with van der Waals surface area (Å²) in [5.74, 6) is 0. The second kappa shape index (κ2) is 4.99. The Kier molecular flexibility index (Phi) is 4.13. The van der Waals surface area contributed by atoms with Gasteiger partial charge in [0.15, 0.2) is 5.05 Å². The van der Waals surface area contributed by atoms with Crippen LogP contribution in [0.1, 0.15) is 40.5 Å². The molecule has 0 aliphatic heterocycles. The van der Waals surface area contributed by atoms with E-state index >= 15 is 0 Å². The molecule has 0 unspecified atom stereocenters. The van der Waals surface area contributed by atoms with E-state index in [9.17, 15) is 4.79 Å². The number of nitrogens with one attached hydrogen (secondary N) is 1. The molecule has 1 aliphatic rings. The van der Waals surface area contributed by atoms with Crippen LogP contribution in [0.4, 0.5) is 4.79 Å². The molecule has 1 N–H and O–H groups in total. The fraction of sp³-hybridized carbons (Fsp3) is 0.818. The zero-order valence-electron chi connectivity index (χ0n) is 10.2. The molecule has 1 fully saturated rings.